The Hall–Kier alpha value is -4.78. The van der Waals surface area contributed by atoms with Crippen LogP contribution in [0.25, 0.3) is 33.4 Å². The number of phenolic OH excluding ortho intramolecular Hbond substituents is 4. The SMILES string of the molecule is Oc1ccc(O)c(Sc2ccccc2-c2cccc(-c3ccccc3)c2-c2ccccc2Sc2cc(O)ccc2O)c1. The van der Waals surface area contributed by atoms with Crippen molar-refractivity contribution in [1.29, 1.82) is 0 Å². The van der Waals surface area contributed by atoms with E-state index in [2.05, 4.69) is 36.4 Å². The van der Waals surface area contributed by atoms with Crippen LogP contribution in [-0.2, 0) is 0 Å². The summed E-state index contributed by atoms with van der Waals surface area (Å²) >= 11 is 2.78. The zero-order valence-electron chi connectivity index (χ0n) is 22.3. The Balaban J connectivity index is 1.57. The van der Waals surface area contributed by atoms with Crippen LogP contribution in [-0.4, -0.2) is 20.4 Å². The molecule has 0 aliphatic carbocycles. The third-order valence-corrected chi connectivity index (χ3v) is 9.06. The Morgan fingerprint density at radius 3 is 1.45 bits per heavy atom. The molecule has 0 radical (unpaired) electrons. The van der Waals surface area contributed by atoms with Crippen molar-refractivity contribution in [1.82, 2.24) is 0 Å². The first kappa shape index (κ1) is 27.4. The van der Waals surface area contributed by atoms with Gasteiger partial charge in [-0.1, -0.05) is 108 Å². The van der Waals surface area contributed by atoms with Crippen LogP contribution in [0.15, 0.2) is 153 Å². The number of benzene rings is 6. The Morgan fingerprint density at radius 2 is 0.833 bits per heavy atom. The molecule has 0 aliphatic heterocycles. The van der Waals surface area contributed by atoms with E-state index in [1.54, 1.807) is 12.1 Å². The van der Waals surface area contributed by atoms with E-state index in [9.17, 15) is 20.4 Å². The van der Waals surface area contributed by atoms with E-state index in [-0.39, 0.29) is 23.0 Å². The molecule has 0 spiro atoms. The van der Waals surface area contributed by atoms with Crippen LogP contribution < -0.4 is 0 Å². The predicted molar refractivity (Wildman–Crippen MR) is 171 cm³/mol. The Morgan fingerprint density at radius 1 is 0.357 bits per heavy atom. The van der Waals surface area contributed by atoms with Gasteiger partial charge in [-0.2, -0.15) is 0 Å². The molecular weight excluding hydrogens is 561 g/mol. The lowest BCUT2D eigenvalue weighted by atomic mass is 9.87. The van der Waals surface area contributed by atoms with Crippen LogP contribution in [0.1, 0.15) is 0 Å². The molecule has 0 saturated carbocycles. The highest BCUT2D eigenvalue weighted by molar-refractivity contribution is 7.99. The van der Waals surface area contributed by atoms with Gasteiger partial charge in [0.25, 0.3) is 0 Å². The fourth-order valence-electron chi connectivity index (χ4n) is 4.87. The van der Waals surface area contributed by atoms with E-state index in [0.29, 0.717) is 9.79 Å². The summed E-state index contributed by atoms with van der Waals surface area (Å²) in [7, 11) is 0. The van der Waals surface area contributed by atoms with Gasteiger partial charge in [0.2, 0.25) is 0 Å². The summed E-state index contributed by atoms with van der Waals surface area (Å²) in [5.74, 6) is 0.357. The van der Waals surface area contributed by atoms with Gasteiger partial charge >= 0.3 is 0 Å². The summed E-state index contributed by atoms with van der Waals surface area (Å²) in [5, 5.41) is 41.3. The highest BCUT2D eigenvalue weighted by atomic mass is 32.2. The van der Waals surface area contributed by atoms with Crippen molar-refractivity contribution in [3.05, 3.63) is 133 Å². The van der Waals surface area contributed by atoms with Gasteiger partial charge in [-0.25, -0.2) is 0 Å². The van der Waals surface area contributed by atoms with Crippen molar-refractivity contribution >= 4 is 23.5 Å². The monoisotopic (exact) mass is 586 g/mol. The third-order valence-electron chi connectivity index (χ3n) is 6.81. The minimum atomic E-state index is 0.0827. The minimum absolute atomic E-state index is 0.0827. The molecule has 6 aromatic rings. The average molecular weight is 587 g/mol. The summed E-state index contributed by atoms with van der Waals surface area (Å²) in [6.07, 6.45) is 0. The van der Waals surface area contributed by atoms with Crippen molar-refractivity contribution in [3.8, 4) is 56.4 Å². The first-order chi connectivity index (χ1) is 20.5. The van der Waals surface area contributed by atoms with E-state index in [1.807, 2.05) is 60.7 Å². The summed E-state index contributed by atoms with van der Waals surface area (Å²) in [5.41, 5.74) is 6.05. The van der Waals surface area contributed by atoms with Gasteiger partial charge < -0.3 is 20.4 Å². The highest BCUT2D eigenvalue weighted by Crippen LogP contribution is 2.49. The van der Waals surface area contributed by atoms with E-state index < -0.39 is 0 Å². The van der Waals surface area contributed by atoms with Gasteiger partial charge in [-0.3, -0.25) is 0 Å². The molecule has 0 amide bonds. The lowest BCUT2D eigenvalue weighted by Crippen LogP contribution is -1.93. The van der Waals surface area contributed by atoms with Crippen molar-refractivity contribution in [2.75, 3.05) is 0 Å². The first-order valence-corrected chi connectivity index (χ1v) is 14.9. The zero-order valence-corrected chi connectivity index (χ0v) is 23.9. The van der Waals surface area contributed by atoms with Crippen LogP contribution in [0.2, 0.25) is 0 Å². The average Bonchev–Trinajstić information content (AvgIpc) is 3.01. The molecule has 4 N–H and O–H groups in total. The maximum atomic E-state index is 10.6. The minimum Gasteiger partial charge on any atom is -0.508 e. The van der Waals surface area contributed by atoms with Crippen molar-refractivity contribution in [2.24, 2.45) is 0 Å². The second-order valence-corrected chi connectivity index (χ2v) is 11.8. The Kier molecular flexibility index (Phi) is 7.82. The van der Waals surface area contributed by atoms with Gasteiger partial charge in [0.15, 0.2) is 0 Å². The molecule has 206 valence electrons. The molecule has 0 aliphatic rings. The van der Waals surface area contributed by atoms with Crippen LogP contribution in [0.4, 0.5) is 0 Å². The largest absolute Gasteiger partial charge is 0.508 e. The van der Waals surface area contributed by atoms with E-state index in [1.165, 1.54) is 47.8 Å². The molecule has 0 aromatic heterocycles. The molecule has 0 fully saturated rings. The standard InChI is InChI=1S/C36H26O4S2/c37-24-17-19-30(39)34(21-24)41-32-15-6-4-11-27(32)28-14-8-13-26(23-9-2-1-3-10-23)36(28)29-12-5-7-16-33(29)42-35-22-25(38)18-20-31(35)40/h1-22,37-40H. The molecule has 0 atom stereocenters. The normalized spacial score (nSPS) is 11.0. The van der Waals surface area contributed by atoms with Crippen molar-refractivity contribution in [3.63, 3.8) is 0 Å². The molecule has 6 heteroatoms. The number of aromatic hydroxyl groups is 4. The second-order valence-electron chi connectivity index (χ2n) is 9.59. The van der Waals surface area contributed by atoms with Crippen molar-refractivity contribution < 1.29 is 20.4 Å². The number of phenols is 4. The second kappa shape index (κ2) is 12.0. The summed E-state index contributed by atoms with van der Waals surface area (Å²) in [6, 6.07) is 41.6. The molecule has 6 rings (SSSR count). The van der Waals surface area contributed by atoms with E-state index in [0.717, 1.165) is 43.2 Å². The lowest BCUT2D eigenvalue weighted by Gasteiger charge is -2.20. The quantitative estimate of drug-likeness (QED) is 0.139. The van der Waals surface area contributed by atoms with Crippen LogP contribution in [0.5, 0.6) is 23.0 Å². The van der Waals surface area contributed by atoms with Gasteiger partial charge in [0, 0.05) is 9.79 Å². The Bertz CT molecular complexity index is 1890. The molecule has 42 heavy (non-hydrogen) atoms. The van der Waals surface area contributed by atoms with E-state index in [4.69, 9.17) is 0 Å². The molecule has 0 bridgehead atoms. The Labute approximate surface area is 252 Å². The molecular formula is C36H26O4S2. The molecule has 6 aromatic carbocycles. The first-order valence-electron chi connectivity index (χ1n) is 13.2. The van der Waals surface area contributed by atoms with Crippen LogP contribution in [0, 0.1) is 0 Å². The predicted octanol–water partition coefficient (Wildman–Crippen LogP) is 9.81. The number of rotatable bonds is 7. The summed E-state index contributed by atoms with van der Waals surface area (Å²) < 4.78 is 0. The van der Waals surface area contributed by atoms with Crippen LogP contribution >= 0.6 is 23.5 Å². The topological polar surface area (TPSA) is 80.9 Å². The van der Waals surface area contributed by atoms with Crippen LogP contribution in [0.3, 0.4) is 0 Å². The molecule has 0 unspecified atom stereocenters. The third kappa shape index (κ3) is 5.68. The molecule has 0 heterocycles. The number of hydrogen-bond donors (Lipinski definition) is 4. The highest BCUT2D eigenvalue weighted by Gasteiger charge is 2.20. The summed E-state index contributed by atoms with van der Waals surface area (Å²) in [6.45, 7) is 0. The lowest BCUT2D eigenvalue weighted by molar-refractivity contribution is 0.448. The maximum absolute atomic E-state index is 10.6. The number of hydrogen-bond acceptors (Lipinski definition) is 6. The van der Waals surface area contributed by atoms with Gasteiger partial charge in [0.1, 0.15) is 23.0 Å². The van der Waals surface area contributed by atoms with Gasteiger partial charge in [-0.05, 0) is 81.9 Å². The smallest absolute Gasteiger partial charge is 0.129 e. The molecule has 4 nitrogen and oxygen atoms in total. The molecule has 0 saturated heterocycles. The van der Waals surface area contributed by atoms with Gasteiger partial charge in [0.05, 0.1) is 9.79 Å². The fraction of sp³-hybridized carbons (Fsp3) is 0. The summed E-state index contributed by atoms with van der Waals surface area (Å²) in [4.78, 5) is 2.94. The van der Waals surface area contributed by atoms with Gasteiger partial charge in [-0.15, -0.1) is 0 Å². The maximum Gasteiger partial charge on any atom is 0.129 e. The van der Waals surface area contributed by atoms with Crippen molar-refractivity contribution in [2.45, 2.75) is 19.6 Å². The zero-order chi connectivity index (χ0) is 29.1. The van der Waals surface area contributed by atoms with E-state index >= 15 is 0 Å². The fourth-order valence-corrected chi connectivity index (χ4v) is 6.91.